The fourth-order valence-electron chi connectivity index (χ4n) is 2.41. The van der Waals surface area contributed by atoms with Crippen LogP contribution in [0.15, 0.2) is 28.7 Å². The molecule has 1 amide bonds. The maximum absolute atomic E-state index is 11.5. The van der Waals surface area contributed by atoms with Gasteiger partial charge in [-0.3, -0.25) is 9.89 Å². The number of hydrogen-bond donors (Lipinski definition) is 1. The Morgan fingerprint density at radius 3 is 2.79 bits per heavy atom. The first-order valence-electron chi connectivity index (χ1n) is 6.22. The molecule has 2 heterocycles. The summed E-state index contributed by atoms with van der Waals surface area (Å²) in [5, 5.41) is 7.51. The van der Waals surface area contributed by atoms with Crippen LogP contribution in [0.2, 0.25) is 0 Å². The van der Waals surface area contributed by atoms with Gasteiger partial charge in [-0.1, -0.05) is 28.1 Å². The van der Waals surface area contributed by atoms with Crippen LogP contribution < -0.4 is 0 Å². The number of aromatic amines is 1. The number of nitrogens with one attached hydrogen (secondary N) is 1. The number of nitrogens with zero attached hydrogens (tertiary/aromatic N) is 2. The SMILES string of the molecule is CC(=O)N1CCc2[nH]nc(-c3ccc(Br)cc3)c2C1. The number of amides is 1. The van der Waals surface area contributed by atoms with Gasteiger partial charge in [-0.05, 0) is 12.1 Å². The molecule has 0 bridgehead atoms. The number of rotatable bonds is 1. The maximum Gasteiger partial charge on any atom is 0.219 e. The minimum atomic E-state index is 0.119. The van der Waals surface area contributed by atoms with Gasteiger partial charge >= 0.3 is 0 Å². The quantitative estimate of drug-likeness (QED) is 0.878. The molecule has 3 rings (SSSR count). The van der Waals surface area contributed by atoms with Crippen LogP contribution in [-0.4, -0.2) is 27.5 Å². The Labute approximate surface area is 119 Å². The van der Waals surface area contributed by atoms with Gasteiger partial charge in [0.1, 0.15) is 0 Å². The normalized spacial score (nSPS) is 14.3. The Morgan fingerprint density at radius 1 is 1.37 bits per heavy atom. The Hall–Kier alpha value is -1.62. The standard InChI is InChI=1S/C14H14BrN3O/c1-9(19)18-7-6-13-12(8-18)14(17-16-13)10-2-4-11(15)5-3-10/h2-5H,6-8H2,1H3,(H,16,17). The van der Waals surface area contributed by atoms with E-state index in [2.05, 4.69) is 26.1 Å². The first-order valence-corrected chi connectivity index (χ1v) is 7.02. The molecule has 1 N–H and O–H groups in total. The van der Waals surface area contributed by atoms with Crippen molar-refractivity contribution in [3.05, 3.63) is 40.0 Å². The van der Waals surface area contributed by atoms with E-state index < -0.39 is 0 Å². The lowest BCUT2D eigenvalue weighted by molar-refractivity contribution is -0.129. The van der Waals surface area contributed by atoms with E-state index in [0.717, 1.165) is 40.0 Å². The molecule has 5 heteroatoms. The Bertz CT molecular complexity index is 618. The lowest BCUT2D eigenvalue weighted by Gasteiger charge is -2.25. The van der Waals surface area contributed by atoms with Crippen LogP contribution >= 0.6 is 15.9 Å². The predicted molar refractivity (Wildman–Crippen MR) is 76.5 cm³/mol. The van der Waals surface area contributed by atoms with Gasteiger partial charge in [-0.2, -0.15) is 5.10 Å². The average Bonchev–Trinajstić information content (AvgIpc) is 2.82. The molecule has 1 aromatic heterocycles. The molecular formula is C14H14BrN3O. The van der Waals surface area contributed by atoms with Crippen LogP contribution in [0.3, 0.4) is 0 Å². The topological polar surface area (TPSA) is 49.0 Å². The smallest absolute Gasteiger partial charge is 0.219 e. The Kier molecular flexibility index (Phi) is 3.14. The third kappa shape index (κ3) is 2.30. The van der Waals surface area contributed by atoms with Crippen LogP contribution in [0.1, 0.15) is 18.2 Å². The van der Waals surface area contributed by atoms with E-state index in [1.807, 2.05) is 29.2 Å². The molecule has 0 aliphatic carbocycles. The predicted octanol–water partition coefficient (Wildman–Crippen LogP) is 2.74. The first-order chi connectivity index (χ1) is 9.15. The van der Waals surface area contributed by atoms with Gasteiger partial charge in [0.25, 0.3) is 0 Å². The van der Waals surface area contributed by atoms with Crippen LogP contribution in [-0.2, 0) is 17.8 Å². The average molecular weight is 320 g/mol. The van der Waals surface area contributed by atoms with Crippen molar-refractivity contribution in [2.24, 2.45) is 0 Å². The molecule has 0 radical (unpaired) electrons. The highest BCUT2D eigenvalue weighted by Crippen LogP contribution is 2.29. The number of fused-ring (bicyclic) bond motifs is 1. The Balaban J connectivity index is 1.99. The van der Waals surface area contributed by atoms with Crippen molar-refractivity contribution < 1.29 is 4.79 Å². The van der Waals surface area contributed by atoms with Gasteiger partial charge in [0.2, 0.25) is 5.91 Å². The summed E-state index contributed by atoms with van der Waals surface area (Å²) in [4.78, 5) is 13.4. The monoisotopic (exact) mass is 319 g/mol. The molecule has 0 fully saturated rings. The molecular weight excluding hydrogens is 306 g/mol. The number of carbonyl (C=O) groups excluding carboxylic acids is 1. The summed E-state index contributed by atoms with van der Waals surface area (Å²) in [5.74, 6) is 0.119. The van der Waals surface area contributed by atoms with E-state index in [1.165, 1.54) is 0 Å². The van der Waals surface area contributed by atoms with Crippen molar-refractivity contribution >= 4 is 21.8 Å². The van der Waals surface area contributed by atoms with Gasteiger partial charge in [0.15, 0.2) is 0 Å². The lowest BCUT2D eigenvalue weighted by atomic mass is 10.0. The van der Waals surface area contributed by atoms with Crippen LogP contribution in [0.25, 0.3) is 11.3 Å². The summed E-state index contributed by atoms with van der Waals surface area (Å²) in [6.07, 6.45) is 0.846. The molecule has 98 valence electrons. The second-order valence-corrected chi connectivity index (χ2v) is 5.64. The molecule has 2 aromatic rings. The van der Waals surface area contributed by atoms with Crippen molar-refractivity contribution in [2.75, 3.05) is 6.54 Å². The van der Waals surface area contributed by atoms with Gasteiger partial charge in [-0.15, -0.1) is 0 Å². The van der Waals surface area contributed by atoms with E-state index in [4.69, 9.17) is 0 Å². The van der Waals surface area contributed by atoms with Crippen molar-refractivity contribution in [1.29, 1.82) is 0 Å². The van der Waals surface area contributed by atoms with Crippen molar-refractivity contribution in [3.8, 4) is 11.3 Å². The second-order valence-electron chi connectivity index (χ2n) is 4.73. The molecule has 0 saturated heterocycles. The number of hydrogen-bond acceptors (Lipinski definition) is 2. The van der Waals surface area contributed by atoms with E-state index in [0.29, 0.717) is 6.54 Å². The summed E-state index contributed by atoms with van der Waals surface area (Å²) in [6, 6.07) is 8.07. The molecule has 0 spiro atoms. The van der Waals surface area contributed by atoms with Gasteiger partial charge in [0, 0.05) is 47.7 Å². The van der Waals surface area contributed by atoms with Gasteiger partial charge in [-0.25, -0.2) is 0 Å². The third-order valence-electron chi connectivity index (χ3n) is 3.50. The number of aromatic nitrogens is 2. The van der Waals surface area contributed by atoms with E-state index >= 15 is 0 Å². The van der Waals surface area contributed by atoms with Crippen molar-refractivity contribution in [2.45, 2.75) is 19.9 Å². The summed E-state index contributed by atoms with van der Waals surface area (Å²) < 4.78 is 1.05. The lowest BCUT2D eigenvalue weighted by Crippen LogP contribution is -2.34. The van der Waals surface area contributed by atoms with Crippen LogP contribution in [0, 0.1) is 0 Å². The molecule has 1 aromatic carbocycles. The van der Waals surface area contributed by atoms with Gasteiger partial charge in [0.05, 0.1) is 5.69 Å². The summed E-state index contributed by atoms with van der Waals surface area (Å²) >= 11 is 3.43. The highest BCUT2D eigenvalue weighted by Gasteiger charge is 2.23. The minimum Gasteiger partial charge on any atom is -0.338 e. The number of halogens is 1. The molecule has 0 unspecified atom stereocenters. The zero-order valence-electron chi connectivity index (χ0n) is 10.6. The first kappa shape index (κ1) is 12.4. The third-order valence-corrected chi connectivity index (χ3v) is 4.03. The highest BCUT2D eigenvalue weighted by molar-refractivity contribution is 9.10. The van der Waals surface area contributed by atoms with Crippen molar-refractivity contribution in [1.82, 2.24) is 15.1 Å². The van der Waals surface area contributed by atoms with Crippen LogP contribution in [0.4, 0.5) is 0 Å². The molecule has 4 nitrogen and oxygen atoms in total. The van der Waals surface area contributed by atoms with E-state index in [1.54, 1.807) is 6.92 Å². The fraction of sp³-hybridized carbons (Fsp3) is 0.286. The summed E-state index contributed by atoms with van der Waals surface area (Å²) in [7, 11) is 0. The fourth-order valence-corrected chi connectivity index (χ4v) is 2.67. The number of benzene rings is 1. The van der Waals surface area contributed by atoms with E-state index in [-0.39, 0.29) is 5.91 Å². The van der Waals surface area contributed by atoms with Crippen molar-refractivity contribution in [3.63, 3.8) is 0 Å². The zero-order valence-corrected chi connectivity index (χ0v) is 12.2. The largest absolute Gasteiger partial charge is 0.338 e. The minimum absolute atomic E-state index is 0.119. The molecule has 1 aliphatic heterocycles. The molecule has 1 aliphatic rings. The summed E-state index contributed by atoms with van der Waals surface area (Å²) in [6.45, 7) is 3.03. The maximum atomic E-state index is 11.5. The molecule has 0 saturated carbocycles. The number of H-pyrrole nitrogens is 1. The Morgan fingerprint density at radius 2 is 2.11 bits per heavy atom. The van der Waals surface area contributed by atoms with Crippen LogP contribution in [0.5, 0.6) is 0 Å². The second kappa shape index (κ2) is 4.81. The van der Waals surface area contributed by atoms with Gasteiger partial charge < -0.3 is 4.90 Å². The summed E-state index contributed by atoms with van der Waals surface area (Å²) in [5.41, 5.74) is 4.32. The highest BCUT2D eigenvalue weighted by atomic mass is 79.9. The number of carbonyl (C=O) groups is 1. The van der Waals surface area contributed by atoms with E-state index in [9.17, 15) is 4.79 Å². The molecule has 19 heavy (non-hydrogen) atoms. The molecule has 0 atom stereocenters. The zero-order chi connectivity index (χ0) is 13.4.